The van der Waals surface area contributed by atoms with Crippen LogP contribution in [-0.4, -0.2) is 11.2 Å². The van der Waals surface area contributed by atoms with Crippen molar-refractivity contribution in [1.82, 2.24) is 4.57 Å². The van der Waals surface area contributed by atoms with Gasteiger partial charge in [-0.05, 0) is 85.9 Å². The maximum absolute atomic E-state index is 14.5. The van der Waals surface area contributed by atoms with Gasteiger partial charge in [0, 0.05) is 27.7 Å². The van der Waals surface area contributed by atoms with Gasteiger partial charge in [-0.15, -0.1) is 0 Å². The molecule has 0 N–H and O–H groups in total. The molecular formula is C27H29F2NO. The van der Waals surface area contributed by atoms with E-state index in [9.17, 15) is 8.78 Å². The quantitative estimate of drug-likeness (QED) is 0.415. The van der Waals surface area contributed by atoms with Crippen molar-refractivity contribution in [2.75, 3.05) is 6.61 Å². The van der Waals surface area contributed by atoms with Gasteiger partial charge in [0.2, 0.25) is 0 Å². The van der Waals surface area contributed by atoms with Gasteiger partial charge in [-0.3, -0.25) is 0 Å². The van der Waals surface area contributed by atoms with Crippen LogP contribution >= 0.6 is 0 Å². The molecule has 0 unspecified atom stereocenters. The number of nitrogens with zero attached hydrogens (tertiary/aromatic N) is 1. The molecule has 2 aromatic carbocycles. The van der Waals surface area contributed by atoms with E-state index in [4.69, 9.17) is 4.74 Å². The van der Waals surface area contributed by atoms with Gasteiger partial charge in [-0.2, -0.15) is 0 Å². The molecule has 3 aromatic rings. The molecule has 1 aromatic heterocycles. The maximum Gasteiger partial charge on any atom is 0.126 e. The molecule has 3 aliphatic rings. The first-order chi connectivity index (χ1) is 14.6. The lowest BCUT2D eigenvalue weighted by Crippen LogP contribution is -2.59. The molecule has 2 fully saturated rings. The molecule has 31 heavy (non-hydrogen) atoms. The van der Waals surface area contributed by atoms with E-state index in [1.54, 1.807) is 13.0 Å². The first-order valence-electron chi connectivity index (χ1n) is 11.4. The van der Waals surface area contributed by atoms with E-state index in [0.717, 1.165) is 40.9 Å². The largest absolute Gasteiger partial charge is 0.369 e. The Morgan fingerprint density at radius 1 is 1.03 bits per heavy atom. The van der Waals surface area contributed by atoms with Crippen LogP contribution in [0.2, 0.25) is 0 Å². The van der Waals surface area contributed by atoms with Gasteiger partial charge in [0.1, 0.15) is 11.6 Å². The Morgan fingerprint density at radius 3 is 2.45 bits per heavy atom. The summed E-state index contributed by atoms with van der Waals surface area (Å²) in [4.78, 5) is 0. The van der Waals surface area contributed by atoms with Crippen LogP contribution in [0.5, 0.6) is 0 Å². The second-order valence-electron chi connectivity index (χ2n) is 11.2. The van der Waals surface area contributed by atoms with Crippen LogP contribution in [0, 0.1) is 29.9 Å². The highest BCUT2D eigenvalue weighted by molar-refractivity contribution is 5.89. The molecule has 4 heteroatoms. The van der Waals surface area contributed by atoms with Gasteiger partial charge in [0.25, 0.3) is 0 Å². The van der Waals surface area contributed by atoms with E-state index < -0.39 is 0 Å². The van der Waals surface area contributed by atoms with E-state index in [0.29, 0.717) is 17.6 Å². The molecule has 0 saturated heterocycles. The number of aryl methyl sites for hydroxylation is 1. The van der Waals surface area contributed by atoms with Crippen molar-refractivity contribution in [2.24, 2.45) is 11.3 Å². The topological polar surface area (TPSA) is 14.2 Å². The second kappa shape index (κ2) is 5.98. The highest BCUT2D eigenvalue weighted by Crippen LogP contribution is 2.69. The number of hydrogen-bond acceptors (Lipinski definition) is 1. The number of rotatable bonds is 1. The van der Waals surface area contributed by atoms with Gasteiger partial charge < -0.3 is 9.30 Å². The van der Waals surface area contributed by atoms with Gasteiger partial charge in [0.05, 0.1) is 17.7 Å². The lowest BCUT2D eigenvalue weighted by molar-refractivity contribution is -0.227. The summed E-state index contributed by atoms with van der Waals surface area (Å²) >= 11 is 0. The fourth-order valence-electron chi connectivity index (χ4n) is 7.01. The van der Waals surface area contributed by atoms with E-state index in [2.05, 4.69) is 25.3 Å². The Morgan fingerprint density at radius 2 is 1.77 bits per heavy atom. The number of hydrogen-bond donors (Lipinski definition) is 0. The minimum atomic E-state index is -0.336. The Kier molecular flexibility index (Phi) is 3.76. The Bertz CT molecular complexity index is 1220. The van der Waals surface area contributed by atoms with Crippen LogP contribution in [0.1, 0.15) is 63.3 Å². The van der Waals surface area contributed by atoms with Crippen molar-refractivity contribution >= 4 is 10.9 Å². The molecule has 0 amide bonds. The summed E-state index contributed by atoms with van der Waals surface area (Å²) in [6.45, 7) is 9.14. The Labute approximate surface area is 182 Å². The molecule has 2 nitrogen and oxygen atoms in total. The zero-order valence-electron chi connectivity index (χ0n) is 18.7. The minimum absolute atomic E-state index is 0.209. The summed E-state index contributed by atoms with van der Waals surface area (Å²) in [5.74, 6) is 0.352. The first-order valence-corrected chi connectivity index (χ1v) is 11.4. The summed E-state index contributed by atoms with van der Waals surface area (Å²) in [5, 5.41) is 0.937. The smallest absolute Gasteiger partial charge is 0.126 e. The molecule has 6 rings (SSSR count). The SMILES string of the molecule is Cc1cc(-n2c3c(c4cc(F)ccc42)C2(CC4(CC(C)C4)C2)OCC3(C)C)ccc1F. The third kappa shape index (κ3) is 2.57. The van der Waals surface area contributed by atoms with Crippen LogP contribution in [0.3, 0.4) is 0 Å². The zero-order valence-corrected chi connectivity index (χ0v) is 18.7. The average Bonchev–Trinajstić information content (AvgIpc) is 3.00. The number of halogens is 2. The monoisotopic (exact) mass is 421 g/mol. The summed E-state index contributed by atoms with van der Waals surface area (Å²) in [5.41, 5.74) is 4.67. The molecule has 1 aliphatic heterocycles. The van der Waals surface area contributed by atoms with Crippen molar-refractivity contribution < 1.29 is 13.5 Å². The van der Waals surface area contributed by atoms with Gasteiger partial charge >= 0.3 is 0 Å². The minimum Gasteiger partial charge on any atom is -0.369 e. The highest BCUT2D eigenvalue weighted by Gasteiger charge is 2.64. The molecule has 2 saturated carbocycles. The molecule has 162 valence electrons. The number of ether oxygens (including phenoxy) is 1. The van der Waals surface area contributed by atoms with Crippen LogP contribution < -0.4 is 0 Å². The molecule has 0 bridgehead atoms. The zero-order chi connectivity index (χ0) is 21.8. The van der Waals surface area contributed by atoms with Crippen molar-refractivity contribution in [3.05, 3.63) is 64.9 Å². The van der Waals surface area contributed by atoms with E-state index >= 15 is 0 Å². The van der Waals surface area contributed by atoms with Gasteiger partial charge in [-0.1, -0.05) is 20.8 Å². The normalized spacial score (nSPS) is 31.0. The summed E-state index contributed by atoms with van der Waals surface area (Å²) in [6.07, 6.45) is 4.57. The third-order valence-corrected chi connectivity index (χ3v) is 8.02. The maximum atomic E-state index is 14.5. The first kappa shape index (κ1) is 19.5. The lowest BCUT2D eigenvalue weighted by Gasteiger charge is -2.64. The molecule has 0 radical (unpaired) electrons. The van der Waals surface area contributed by atoms with Crippen LogP contribution in [0.4, 0.5) is 8.78 Å². The predicted octanol–water partition coefficient (Wildman–Crippen LogP) is 6.93. The van der Waals surface area contributed by atoms with Crippen molar-refractivity contribution in [3.8, 4) is 5.69 Å². The van der Waals surface area contributed by atoms with Crippen molar-refractivity contribution in [1.29, 1.82) is 0 Å². The Hall–Kier alpha value is -2.20. The van der Waals surface area contributed by atoms with Gasteiger partial charge in [0.15, 0.2) is 0 Å². The summed E-state index contributed by atoms with van der Waals surface area (Å²) in [6, 6.07) is 10.3. The number of benzene rings is 2. The fraction of sp³-hybridized carbons (Fsp3) is 0.481. The Balaban J connectivity index is 1.63. The second-order valence-corrected chi connectivity index (χ2v) is 11.2. The van der Waals surface area contributed by atoms with Crippen molar-refractivity contribution in [2.45, 2.75) is 64.4 Å². The molecule has 2 heterocycles. The molecule has 0 atom stereocenters. The van der Waals surface area contributed by atoms with Crippen LogP contribution in [-0.2, 0) is 15.8 Å². The van der Waals surface area contributed by atoms with E-state index in [-0.39, 0.29) is 22.7 Å². The third-order valence-electron chi connectivity index (χ3n) is 8.02. The average molecular weight is 422 g/mol. The standard InChI is InChI=1S/C27H29F2NO/c1-16-11-26(12-16)13-27(14-26)23-20-10-18(28)5-8-22(20)30(24(23)25(3,4)15-31-27)19-6-7-21(29)17(2)9-19/h5-10,16H,11-15H2,1-4H3. The van der Waals surface area contributed by atoms with Gasteiger partial charge in [-0.25, -0.2) is 8.78 Å². The lowest BCUT2D eigenvalue weighted by atomic mass is 9.45. The van der Waals surface area contributed by atoms with Crippen LogP contribution in [0.15, 0.2) is 36.4 Å². The predicted molar refractivity (Wildman–Crippen MR) is 119 cm³/mol. The summed E-state index contributed by atoms with van der Waals surface area (Å²) < 4.78 is 37.4. The van der Waals surface area contributed by atoms with E-state index in [1.807, 2.05) is 18.2 Å². The molecular weight excluding hydrogens is 392 g/mol. The number of fused-ring (bicyclic) bond motifs is 4. The molecule has 2 spiro atoms. The van der Waals surface area contributed by atoms with E-state index in [1.165, 1.54) is 30.7 Å². The fourth-order valence-corrected chi connectivity index (χ4v) is 7.01. The summed E-state index contributed by atoms with van der Waals surface area (Å²) in [7, 11) is 0. The van der Waals surface area contributed by atoms with Crippen LogP contribution in [0.25, 0.3) is 16.6 Å². The molecule has 2 aliphatic carbocycles. The number of aromatic nitrogens is 1. The van der Waals surface area contributed by atoms with Crippen molar-refractivity contribution in [3.63, 3.8) is 0 Å². The highest BCUT2D eigenvalue weighted by atomic mass is 19.1.